The van der Waals surface area contributed by atoms with E-state index in [1.54, 1.807) is 6.92 Å². The Hall–Kier alpha value is -2.97. The fourth-order valence-electron chi connectivity index (χ4n) is 2.54. The molecular weight excluding hydrogens is 371 g/mol. The molecule has 0 spiro atoms. The van der Waals surface area contributed by atoms with Crippen molar-refractivity contribution in [3.8, 4) is 0 Å². The molecule has 1 rings (SSSR count). The maximum absolute atomic E-state index is 13.0. The quantitative estimate of drug-likeness (QED) is 0.508. The van der Waals surface area contributed by atoms with Gasteiger partial charge in [0.2, 0.25) is 11.8 Å². The lowest BCUT2D eigenvalue weighted by molar-refractivity contribution is -0.149. The van der Waals surface area contributed by atoms with Crippen LogP contribution in [0.15, 0.2) is 24.3 Å². The number of carbonyl (C=O) groups excluding carboxylic acids is 3. The largest absolute Gasteiger partial charge is 0.480 e. The number of rotatable bonds is 10. The van der Waals surface area contributed by atoms with Crippen LogP contribution in [0.1, 0.15) is 32.8 Å². The van der Waals surface area contributed by atoms with Crippen molar-refractivity contribution in [2.45, 2.75) is 45.7 Å². The molecule has 0 fully saturated rings. The number of hydrogen-bond acceptors (Lipinski definition) is 5. The van der Waals surface area contributed by atoms with Crippen molar-refractivity contribution in [2.24, 2.45) is 5.92 Å². The third-order valence-corrected chi connectivity index (χ3v) is 3.94. The van der Waals surface area contributed by atoms with Gasteiger partial charge in [0.1, 0.15) is 17.9 Å². The van der Waals surface area contributed by atoms with Crippen LogP contribution in [0.25, 0.3) is 0 Å². The highest BCUT2D eigenvalue weighted by Crippen LogP contribution is 2.11. The van der Waals surface area contributed by atoms with Crippen LogP contribution in [0.4, 0.5) is 4.39 Å². The molecule has 9 heteroatoms. The second-order valence-electron chi connectivity index (χ2n) is 6.37. The van der Waals surface area contributed by atoms with Gasteiger partial charge in [-0.1, -0.05) is 19.1 Å². The van der Waals surface area contributed by atoms with Gasteiger partial charge in [-0.3, -0.25) is 14.4 Å². The van der Waals surface area contributed by atoms with E-state index in [4.69, 9.17) is 4.74 Å². The van der Waals surface area contributed by atoms with Crippen LogP contribution < -0.4 is 10.6 Å². The van der Waals surface area contributed by atoms with Crippen LogP contribution in [0.2, 0.25) is 0 Å². The number of hydrogen-bond donors (Lipinski definition) is 3. The molecule has 0 bridgehead atoms. The summed E-state index contributed by atoms with van der Waals surface area (Å²) in [5, 5.41) is 14.2. The molecule has 0 saturated heterocycles. The maximum atomic E-state index is 13.0. The van der Waals surface area contributed by atoms with Gasteiger partial charge in [-0.05, 0) is 31.0 Å². The number of ether oxygens (including phenoxy) is 1. The van der Waals surface area contributed by atoms with Gasteiger partial charge in [-0.15, -0.1) is 0 Å². The first-order valence-electron chi connectivity index (χ1n) is 8.85. The topological polar surface area (TPSA) is 122 Å². The fourth-order valence-corrected chi connectivity index (χ4v) is 2.54. The smallest absolute Gasteiger partial charge is 0.326 e. The summed E-state index contributed by atoms with van der Waals surface area (Å²) in [7, 11) is 0. The summed E-state index contributed by atoms with van der Waals surface area (Å²) in [6.45, 7) is 4.52. The Morgan fingerprint density at radius 1 is 1.11 bits per heavy atom. The van der Waals surface area contributed by atoms with Crippen LogP contribution >= 0.6 is 0 Å². The number of halogens is 1. The summed E-state index contributed by atoms with van der Waals surface area (Å²) in [5.41, 5.74) is 0.585. The van der Waals surface area contributed by atoms with Crippen molar-refractivity contribution >= 4 is 23.8 Å². The monoisotopic (exact) mass is 396 g/mol. The zero-order valence-electron chi connectivity index (χ0n) is 16.0. The molecule has 154 valence electrons. The molecule has 0 aromatic heterocycles. The Labute approximate surface area is 162 Å². The van der Waals surface area contributed by atoms with E-state index in [2.05, 4.69) is 10.6 Å². The van der Waals surface area contributed by atoms with Crippen LogP contribution in [0.5, 0.6) is 0 Å². The average molecular weight is 396 g/mol. The molecule has 8 nitrogen and oxygen atoms in total. The predicted molar refractivity (Wildman–Crippen MR) is 97.7 cm³/mol. The molecule has 1 aromatic rings. The van der Waals surface area contributed by atoms with Gasteiger partial charge < -0.3 is 20.5 Å². The van der Waals surface area contributed by atoms with Crippen molar-refractivity contribution in [1.82, 2.24) is 10.6 Å². The summed E-state index contributed by atoms with van der Waals surface area (Å²) in [4.78, 5) is 47.2. The van der Waals surface area contributed by atoms with E-state index in [-0.39, 0.29) is 19.4 Å². The van der Waals surface area contributed by atoms with Gasteiger partial charge in [0.05, 0.1) is 12.5 Å². The van der Waals surface area contributed by atoms with E-state index >= 15 is 0 Å². The lowest BCUT2D eigenvalue weighted by atomic mass is 10.0. The predicted octanol–water partition coefficient (Wildman–Crippen LogP) is 1.03. The average Bonchev–Trinajstić information content (AvgIpc) is 2.61. The van der Waals surface area contributed by atoms with E-state index in [0.717, 1.165) is 0 Å². The number of esters is 1. The van der Waals surface area contributed by atoms with Crippen LogP contribution in [-0.4, -0.2) is 47.6 Å². The minimum atomic E-state index is -1.34. The number of amides is 2. The SMILES string of the molecule is CCOC(=O)[C@@H](C)C[C@H](NC(=O)[C@H](Cc1ccc(F)cc1)NC(C)=O)C(=O)O. The molecule has 3 atom stereocenters. The molecule has 0 aliphatic heterocycles. The third kappa shape index (κ3) is 7.73. The first-order chi connectivity index (χ1) is 13.1. The van der Waals surface area contributed by atoms with E-state index < -0.39 is 47.6 Å². The Balaban J connectivity index is 2.86. The second kappa shape index (κ2) is 11.0. The summed E-state index contributed by atoms with van der Waals surface area (Å²) >= 11 is 0. The molecule has 3 N–H and O–H groups in total. The molecular formula is C19H25FN2O6. The fraction of sp³-hybridized carbons (Fsp3) is 0.474. The summed E-state index contributed by atoms with van der Waals surface area (Å²) in [6, 6.07) is 2.99. The van der Waals surface area contributed by atoms with Gasteiger partial charge in [-0.2, -0.15) is 0 Å². The highest BCUT2D eigenvalue weighted by Gasteiger charge is 2.29. The molecule has 2 amide bonds. The number of nitrogens with one attached hydrogen (secondary N) is 2. The van der Waals surface area contributed by atoms with Gasteiger partial charge in [0.25, 0.3) is 0 Å². The van der Waals surface area contributed by atoms with E-state index in [1.807, 2.05) is 0 Å². The summed E-state index contributed by atoms with van der Waals surface area (Å²) in [5.74, 6) is -4.25. The lowest BCUT2D eigenvalue weighted by Gasteiger charge is -2.22. The minimum Gasteiger partial charge on any atom is -0.480 e. The molecule has 0 saturated carbocycles. The zero-order valence-corrected chi connectivity index (χ0v) is 16.0. The highest BCUT2D eigenvalue weighted by molar-refractivity contribution is 5.90. The summed E-state index contributed by atoms with van der Waals surface area (Å²) < 4.78 is 17.9. The molecule has 0 radical (unpaired) electrons. The van der Waals surface area contributed by atoms with Gasteiger partial charge in [-0.25, -0.2) is 9.18 Å². The van der Waals surface area contributed by atoms with Crippen LogP contribution in [0.3, 0.4) is 0 Å². The van der Waals surface area contributed by atoms with Gasteiger partial charge in [0, 0.05) is 13.3 Å². The van der Waals surface area contributed by atoms with E-state index in [0.29, 0.717) is 5.56 Å². The Bertz CT molecular complexity index is 707. The number of carboxylic acid groups (broad SMARTS) is 1. The molecule has 0 aliphatic rings. The van der Waals surface area contributed by atoms with Crippen LogP contribution in [0, 0.1) is 11.7 Å². The van der Waals surface area contributed by atoms with Crippen molar-refractivity contribution in [3.63, 3.8) is 0 Å². The van der Waals surface area contributed by atoms with Crippen LogP contribution in [-0.2, 0) is 30.3 Å². The maximum Gasteiger partial charge on any atom is 0.326 e. The first kappa shape index (κ1) is 23.1. The number of carboxylic acids is 1. The van der Waals surface area contributed by atoms with E-state index in [9.17, 15) is 28.7 Å². The molecule has 0 heterocycles. The van der Waals surface area contributed by atoms with Gasteiger partial charge >= 0.3 is 11.9 Å². The standard InChI is InChI=1S/C19H25FN2O6/c1-4-28-19(27)11(2)9-16(18(25)26)22-17(24)15(21-12(3)23)10-13-5-7-14(20)8-6-13/h5-8,11,15-16H,4,9-10H2,1-3H3,(H,21,23)(H,22,24)(H,25,26)/t11-,15-,16-/m0/s1. The van der Waals surface area contributed by atoms with Crippen molar-refractivity contribution in [1.29, 1.82) is 0 Å². The zero-order chi connectivity index (χ0) is 21.3. The number of benzene rings is 1. The molecule has 28 heavy (non-hydrogen) atoms. The molecule has 1 aromatic carbocycles. The Morgan fingerprint density at radius 3 is 2.21 bits per heavy atom. The van der Waals surface area contributed by atoms with Gasteiger partial charge in [0.15, 0.2) is 0 Å². The van der Waals surface area contributed by atoms with E-state index in [1.165, 1.54) is 38.1 Å². The molecule has 0 unspecified atom stereocenters. The Morgan fingerprint density at radius 2 is 1.71 bits per heavy atom. The first-order valence-corrected chi connectivity index (χ1v) is 8.85. The number of carbonyl (C=O) groups is 4. The van der Waals surface area contributed by atoms with Crippen molar-refractivity contribution in [3.05, 3.63) is 35.6 Å². The second-order valence-corrected chi connectivity index (χ2v) is 6.37. The normalized spacial score (nSPS) is 13.7. The minimum absolute atomic E-state index is 0.0471. The summed E-state index contributed by atoms with van der Waals surface area (Å²) in [6.07, 6.45) is -0.116. The van der Waals surface area contributed by atoms with Crippen molar-refractivity contribution < 1.29 is 33.4 Å². The lowest BCUT2D eigenvalue weighted by Crippen LogP contribution is -2.52. The third-order valence-electron chi connectivity index (χ3n) is 3.94. The van der Waals surface area contributed by atoms with Crippen molar-refractivity contribution in [2.75, 3.05) is 6.61 Å². The highest BCUT2D eigenvalue weighted by atomic mass is 19.1. The molecule has 0 aliphatic carbocycles. The number of aliphatic carboxylic acids is 1. The Kier molecular flexibility index (Phi) is 9.07.